The number of carbonyl (C=O) groups excluding carboxylic acids is 1. The summed E-state index contributed by atoms with van der Waals surface area (Å²) in [6, 6.07) is 9.39. The van der Waals surface area contributed by atoms with Crippen molar-refractivity contribution < 1.29 is 4.79 Å². The lowest BCUT2D eigenvalue weighted by Crippen LogP contribution is -2.18. The molecule has 0 radical (unpaired) electrons. The van der Waals surface area contributed by atoms with Gasteiger partial charge in [-0.05, 0) is 11.6 Å². The van der Waals surface area contributed by atoms with Crippen LogP contribution in [0.1, 0.15) is 28.8 Å². The van der Waals surface area contributed by atoms with Crippen molar-refractivity contribution in [1.82, 2.24) is 30.2 Å². The number of aromatic amines is 1. The molecule has 4 rings (SSSR count). The van der Waals surface area contributed by atoms with E-state index in [1.54, 1.807) is 31.6 Å². The van der Waals surface area contributed by atoms with Crippen LogP contribution < -0.4 is 16.3 Å². The summed E-state index contributed by atoms with van der Waals surface area (Å²) in [6.45, 7) is 2.69. The molecule has 10 heteroatoms. The summed E-state index contributed by atoms with van der Waals surface area (Å²) >= 11 is 0. The monoisotopic (exact) mass is 449 g/mol. The van der Waals surface area contributed by atoms with Crippen LogP contribution in [0.5, 0.6) is 0 Å². The number of aromatic nitrogens is 5. The second-order valence-corrected chi connectivity index (χ2v) is 7.06. The number of hydrogen-bond donors (Lipinski definition) is 3. The summed E-state index contributed by atoms with van der Waals surface area (Å²) < 4.78 is 0. The van der Waals surface area contributed by atoms with E-state index in [0.717, 1.165) is 16.5 Å². The molecule has 0 bridgehead atoms. The van der Waals surface area contributed by atoms with Gasteiger partial charge in [0.2, 0.25) is 0 Å². The zero-order chi connectivity index (χ0) is 21.8. The first kappa shape index (κ1) is 22.9. The number of anilines is 1. The van der Waals surface area contributed by atoms with Crippen molar-refractivity contribution in [2.75, 3.05) is 18.9 Å². The highest BCUT2D eigenvalue weighted by Gasteiger charge is 2.15. The van der Waals surface area contributed by atoms with Crippen molar-refractivity contribution in [3.8, 4) is 11.3 Å². The molecule has 0 saturated heterocycles. The van der Waals surface area contributed by atoms with Gasteiger partial charge < -0.3 is 15.6 Å². The minimum atomic E-state index is -0.409. The second kappa shape index (κ2) is 10.0. The van der Waals surface area contributed by atoms with Crippen LogP contribution in [0.3, 0.4) is 0 Å². The standard InChI is InChI=1S/C22H21N7O2.H2S/c1-13(15-4-3-5-16-17(21(30)23-2)6-7-24-20(15)16)9-25-19-8-18(28-12-29-19)14-10-26-22(31)27-11-14;/h3-8,10-13H,9H2,1-2H3,(H,23,30)(H,25,28,29)(H,26,27,31);1H2/t13-;/m1./s1. The lowest BCUT2D eigenvalue weighted by Gasteiger charge is -2.16. The maximum atomic E-state index is 12.2. The minimum absolute atomic E-state index is 0. The van der Waals surface area contributed by atoms with Crippen molar-refractivity contribution in [2.45, 2.75) is 12.8 Å². The van der Waals surface area contributed by atoms with E-state index in [1.165, 1.54) is 12.5 Å². The van der Waals surface area contributed by atoms with Gasteiger partial charge in [-0.15, -0.1) is 0 Å². The maximum absolute atomic E-state index is 12.2. The van der Waals surface area contributed by atoms with Gasteiger partial charge in [-0.2, -0.15) is 13.5 Å². The molecule has 0 aliphatic carbocycles. The number of hydrogen-bond acceptors (Lipinski definition) is 7. The fourth-order valence-electron chi connectivity index (χ4n) is 3.39. The number of carbonyl (C=O) groups is 1. The van der Waals surface area contributed by atoms with Crippen LogP contribution in [0.15, 0.2) is 60.0 Å². The molecule has 0 unspecified atom stereocenters. The Bertz CT molecular complexity index is 1290. The first-order valence-electron chi connectivity index (χ1n) is 9.77. The topological polar surface area (TPSA) is 126 Å². The summed E-state index contributed by atoms with van der Waals surface area (Å²) in [7, 11) is 1.62. The van der Waals surface area contributed by atoms with Gasteiger partial charge in [-0.3, -0.25) is 9.78 Å². The number of nitrogens with zero attached hydrogens (tertiary/aromatic N) is 4. The molecule has 0 aliphatic heterocycles. The van der Waals surface area contributed by atoms with E-state index in [9.17, 15) is 9.59 Å². The molecule has 0 saturated carbocycles. The summed E-state index contributed by atoms with van der Waals surface area (Å²) in [5.74, 6) is 0.618. The molecule has 1 aromatic carbocycles. The summed E-state index contributed by atoms with van der Waals surface area (Å²) in [6.07, 6.45) is 6.16. The highest BCUT2D eigenvalue weighted by atomic mass is 32.1. The van der Waals surface area contributed by atoms with Gasteiger partial charge in [0.25, 0.3) is 5.91 Å². The molecule has 1 atom stereocenters. The van der Waals surface area contributed by atoms with Gasteiger partial charge >= 0.3 is 5.69 Å². The normalized spacial score (nSPS) is 11.4. The van der Waals surface area contributed by atoms with E-state index in [2.05, 4.69) is 42.5 Å². The Balaban J connectivity index is 0.00000289. The second-order valence-electron chi connectivity index (χ2n) is 7.06. The van der Waals surface area contributed by atoms with Crippen LogP contribution in [0.25, 0.3) is 22.2 Å². The summed E-state index contributed by atoms with van der Waals surface area (Å²) in [4.78, 5) is 42.7. The molecular weight excluding hydrogens is 426 g/mol. The molecule has 32 heavy (non-hydrogen) atoms. The van der Waals surface area contributed by atoms with Gasteiger partial charge in [0.05, 0.1) is 16.8 Å². The predicted molar refractivity (Wildman–Crippen MR) is 128 cm³/mol. The molecule has 1 amide bonds. The first-order chi connectivity index (χ1) is 15.1. The number of benzene rings is 1. The molecule has 164 valence electrons. The number of fused-ring (bicyclic) bond motifs is 1. The Morgan fingerprint density at radius 3 is 2.75 bits per heavy atom. The van der Waals surface area contributed by atoms with E-state index in [4.69, 9.17) is 0 Å². The number of rotatable bonds is 6. The number of para-hydroxylation sites is 1. The largest absolute Gasteiger partial charge is 0.369 e. The quantitative estimate of drug-likeness (QED) is 0.413. The number of pyridine rings is 1. The van der Waals surface area contributed by atoms with E-state index in [-0.39, 0.29) is 25.3 Å². The SMILES string of the molecule is CNC(=O)c1ccnc2c([C@H](C)CNc3cc(-c4cnc(=O)[nH]c4)ncn3)cccc12.S. The highest BCUT2D eigenvalue weighted by molar-refractivity contribution is 7.59. The summed E-state index contributed by atoms with van der Waals surface area (Å²) in [5.41, 5.74) is 3.38. The van der Waals surface area contributed by atoms with Gasteiger partial charge in [0.1, 0.15) is 12.1 Å². The third kappa shape index (κ3) is 4.75. The lowest BCUT2D eigenvalue weighted by molar-refractivity contribution is 0.0964. The maximum Gasteiger partial charge on any atom is 0.344 e. The van der Waals surface area contributed by atoms with E-state index < -0.39 is 5.69 Å². The number of amides is 1. The Morgan fingerprint density at radius 2 is 2.00 bits per heavy atom. The van der Waals surface area contributed by atoms with Crippen molar-refractivity contribution in [3.63, 3.8) is 0 Å². The van der Waals surface area contributed by atoms with Crippen LogP contribution in [-0.2, 0) is 0 Å². The Kier molecular flexibility index (Phi) is 7.16. The molecular formula is C22H23N7O2S. The Labute approximate surface area is 191 Å². The summed E-state index contributed by atoms with van der Waals surface area (Å²) in [5, 5.41) is 6.82. The van der Waals surface area contributed by atoms with E-state index >= 15 is 0 Å². The number of H-pyrrole nitrogens is 1. The number of nitrogens with one attached hydrogen (secondary N) is 3. The van der Waals surface area contributed by atoms with Crippen molar-refractivity contribution in [1.29, 1.82) is 0 Å². The van der Waals surface area contributed by atoms with Crippen LogP contribution in [-0.4, -0.2) is 44.4 Å². The van der Waals surface area contributed by atoms with Crippen LogP contribution in [0.4, 0.5) is 5.82 Å². The van der Waals surface area contributed by atoms with Crippen LogP contribution in [0.2, 0.25) is 0 Å². The van der Waals surface area contributed by atoms with Crippen molar-refractivity contribution in [3.05, 3.63) is 76.9 Å². The molecule has 0 spiro atoms. The zero-order valence-electron chi connectivity index (χ0n) is 17.6. The first-order valence-corrected chi connectivity index (χ1v) is 9.77. The fraction of sp³-hybridized carbons (Fsp3) is 0.182. The predicted octanol–water partition coefficient (Wildman–Crippen LogP) is 2.46. The average Bonchev–Trinajstić information content (AvgIpc) is 2.82. The van der Waals surface area contributed by atoms with Gasteiger partial charge in [-0.1, -0.05) is 25.1 Å². The van der Waals surface area contributed by atoms with E-state index in [0.29, 0.717) is 29.2 Å². The van der Waals surface area contributed by atoms with Gasteiger partial charge in [0, 0.05) is 55.1 Å². The molecule has 3 heterocycles. The fourth-order valence-corrected chi connectivity index (χ4v) is 3.39. The minimum Gasteiger partial charge on any atom is -0.369 e. The van der Waals surface area contributed by atoms with Gasteiger partial charge in [-0.25, -0.2) is 19.7 Å². The average molecular weight is 450 g/mol. The molecule has 0 aliphatic rings. The van der Waals surface area contributed by atoms with Crippen molar-refractivity contribution >= 4 is 36.1 Å². The molecule has 9 nitrogen and oxygen atoms in total. The lowest BCUT2D eigenvalue weighted by atomic mass is 9.96. The Morgan fingerprint density at radius 1 is 1.16 bits per heavy atom. The van der Waals surface area contributed by atoms with Crippen molar-refractivity contribution in [2.24, 2.45) is 0 Å². The molecule has 4 aromatic rings. The van der Waals surface area contributed by atoms with Gasteiger partial charge in [0.15, 0.2) is 0 Å². The Hall–Kier alpha value is -3.79. The van der Waals surface area contributed by atoms with Crippen LogP contribution >= 0.6 is 13.5 Å². The smallest absolute Gasteiger partial charge is 0.344 e. The molecule has 3 N–H and O–H groups in total. The third-order valence-electron chi connectivity index (χ3n) is 5.03. The zero-order valence-corrected chi connectivity index (χ0v) is 18.6. The molecule has 3 aromatic heterocycles. The highest BCUT2D eigenvalue weighted by Crippen LogP contribution is 2.26. The van der Waals surface area contributed by atoms with E-state index in [1.807, 2.05) is 18.2 Å². The van der Waals surface area contributed by atoms with Crippen LogP contribution in [0, 0.1) is 0 Å². The third-order valence-corrected chi connectivity index (χ3v) is 5.03. The molecule has 0 fully saturated rings.